The minimum atomic E-state index is -0.132. The molecule has 2 aliphatic rings. The third-order valence-electron chi connectivity index (χ3n) is 5.15. The Morgan fingerprint density at radius 3 is 2.25 bits per heavy atom. The highest BCUT2D eigenvalue weighted by Crippen LogP contribution is 2.45. The maximum Gasteiger partial charge on any atom is 0.0636 e. The van der Waals surface area contributed by atoms with E-state index in [2.05, 4.69) is 6.92 Å². The van der Waals surface area contributed by atoms with Crippen molar-refractivity contribution in [1.29, 1.82) is 0 Å². The van der Waals surface area contributed by atoms with Crippen molar-refractivity contribution in [2.75, 3.05) is 6.54 Å². The van der Waals surface area contributed by atoms with Crippen molar-refractivity contribution in [3.05, 3.63) is 0 Å². The molecule has 3 N–H and O–H groups in total. The zero-order valence-corrected chi connectivity index (χ0v) is 10.6. The Morgan fingerprint density at radius 2 is 1.75 bits per heavy atom. The van der Waals surface area contributed by atoms with Gasteiger partial charge in [0.15, 0.2) is 0 Å². The molecule has 2 nitrogen and oxygen atoms in total. The molecule has 2 aliphatic carbocycles. The van der Waals surface area contributed by atoms with Gasteiger partial charge in [0.1, 0.15) is 0 Å². The molecule has 0 amide bonds. The monoisotopic (exact) mass is 225 g/mol. The van der Waals surface area contributed by atoms with Gasteiger partial charge in [0, 0.05) is 12.0 Å². The van der Waals surface area contributed by atoms with Gasteiger partial charge >= 0.3 is 0 Å². The largest absolute Gasteiger partial charge is 0.392 e. The number of aliphatic hydroxyl groups is 1. The van der Waals surface area contributed by atoms with Crippen molar-refractivity contribution < 1.29 is 5.11 Å². The van der Waals surface area contributed by atoms with Crippen LogP contribution in [0.3, 0.4) is 0 Å². The fraction of sp³-hybridized carbons (Fsp3) is 1.00. The predicted molar refractivity (Wildman–Crippen MR) is 67.1 cm³/mol. The van der Waals surface area contributed by atoms with Crippen LogP contribution in [0.1, 0.15) is 58.3 Å². The van der Waals surface area contributed by atoms with E-state index in [0.717, 1.165) is 18.8 Å². The molecule has 0 saturated heterocycles. The molecule has 0 spiro atoms. The summed E-state index contributed by atoms with van der Waals surface area (Å²) >= 11 is 0. The molecule has 94 valence electrons. The molecule has 0 aromatic rings. The zero-order chi connectivity index (χ0) is 11.6. The molecule has 0 radical (unpaired) electrons. The summed E-state index contributed by atoms with van der Waals surface area (Å²) in [5.74, 6) is 1.37. The van der Waals surface area contributed by atoms with Crippen LogP contribution in [0, 0.1) is 17.3 Å². The number of nitrogens with two attached hydrogens (primary N) is 1. The van der Waals surface area contributed by atoms with Crippen molar-refractivity contribution in [3.63, 3.8) is 0 Å². The van der Waals surface area contributed by atoms with Crippen LogP contribution in [-0.4, -0.2) is 17.8 Å². The van der Waals surface area contributed by atoms with Crippen LogP contribution in [0.15, 0.2) is 0 Å². The maximum atomic E-state index is 10.6. The molecule has 2 saturated carbocycles. The number of aliphatic hydroxyl groups excluding tert-OH is 1. The molecule has 0 aromatic carbocycles. The Kier molecular flexibility index (Phi) is 3.91. The topological polar surface area (TPSA) is 46.2 Å². The first kappa shape index (κ1) is 12.4. The van der Waals surface area contributed by atoms with E-state index >= 15 is 0 Å². The molecule has 0 aliphatic heterocycles. The van der Waals surface area contributed by atoms with Crippen molar-refractivity contribution in [2.45, 2.75) is 64.4 Å². The average Bonchev–Trinajstić information content (AvgIpc) is 2.83. The molecule has 0 bridgehead atoms. The first-order valence-electron chi connectivity index (χ1n) is 7.06. The molecule has 2 fully saturated rings. The second-order valence-electron chi connectivity index (χ2n) is 6.24. The lowest BCUT2D eigenvalue weighted by Crippen LogP contribution is -2.47. The Morgan fingerprint density at radius 1 is 1.19 bits per heavy atom. The lowest BCUT2D eigenvalue weighted by atomic mass is 9.64. The van der Waals surface area contributed by atoms with Crippen molar-refractivity contribution in [3.8, 4) is 0 Å². The van der Waals surface area contributed by atoms with Crippen LogP contribution in [0.5, 0.6) is 0 Å². The Labute approximate surface area is 99.6 Å². The highest BCUT2D eigenvalue weighted by atomic mass is 16.3. The lowest BCUT2D eigenvalue weighted by molar-refractivity contribution is -0.0416. The third-order valence-corrected chi connectivity index (χ3v) is 5.15. The summed E-state index contributed by atoms with van der Waals surface area (Å²) in [7, 11) is 0. The Bertz CT molecular complexity index is 215. The minimum Gasteiger partial charge on any atom is -0.392 e. The van der Waals surface area contributed by atoms with Gasteiger partial charge in [-0.15, -0.1) is 0 Å². The average molecular weight is 225 g/mol. The molecule has 0 heterocycles. The van der Waals surface area contributed by atoms with Crippen LogP contribution in [0.25, 0.3) is 0 Å². The molecule has 2 heteroatoms. The van der Waals surface area contributed by atoms with Gasteiger partial charge in [0.25, 0.3) is 0 Å². The second-order valence-corrected chi connectivity index (χ2v) is 6.24. The molecule has 16 heavy (non-hydrogen) atoms. The molecule has 1 atom stereocenters. The highest BCUT2D eigenvalue weighted by molar-refractivity contribution is 4.95. The van der Waals surface area contributed by atoms with Crippen LogP contribution in [0.4, 0.5) is 0 Å². The summed E-state index contributed by atoms with van der Waals surface area (Å²) in [5.41, 5.74) is 6.05. The van der Waals surface area contributed by atoms with Gasteiger partial charge in [-0.1, -0.05) is 32.6 Å². The second kappa shape index (κ2) is 5.05. The van der Waals surface area contributed by atoms with E-state index in [4.69, 9.17) is 5.73 Å². The highest BCUT2D eigenvalue weighted by Gasteiger charge is 2.43. The minimum absolute atomic E-state index is 0.0571. The summed E-state index contributed by atoms with van der Waals surface area (Å²) in [4.78, 5) is 0. The zero-order valence-electron chi connectivity index (χ0n) is 10.6. The molecular weight excluding hydrogens is 198 g/mol. The van der Waals surface area contributed by atoms with Gasteiger partial charge < -0.3 is 10.8 Å². The van der Waals surface area contributed by atoms with Gasteiger partial charge in [-0.3, -0.25) is 0 Å². The van der Waals surface area contributed by atoms with E-state index in [0.29, 0.717) is 12.5 Å². The quantitative estimate of drug-likeness (QED) is 0.775. The van der Waals surface area contributed by atoms with Crippen LogP contribution in [0.2, 0.25) is 0 Å². The first-order valence-corrected chi connectivity index (χ1v) is 7.06. The summed E-state index contributed by atoms with van der Waals surface area (Å²) < 4.78 is 0. The van der Waals surface area contributed by atoms with E-state index in [-0.39, 0.29) is 11.5 Å². The van der Waals surface area contributed by atoms with Gasteiger partial charge in [-0.05, 0) is 37.5 Å². The SMILES string of the molecule is CC1CCC(CN)(C(O)C2CCCC2)CC1. The maximum absolute atomic E-state index is 10.6. The number of hydrogen-bond acceptors (Lipinski definition) is 2. The van der Waals surface area contributed by atoms with Crippen molar-refractivity contribution >= 4 is 0 Å². The number of hydrogen-bond donors (Lipinski definition) is 2. The lowest BCUT2D eigenvalue weighted by Gasteiger charge is -2.44. The van der Waals surface area contributed by atoms with E-state index < -0.39 is 0 Å². The van der Waals surface area contributed by atoms with Crippen molar-refractivity contribution in [1.82, 2.24) is 0 Å². The summed E-state index contributed by atoms with van der Waals surface area (Å²) in [5, 5.41) is 10.6. The van der Waals surface area contributed by atoms with E-state index in [1.807, 2.05) is 0 Å². The van der Waals surface area contributed by atoms with E-state index in [9.17, 15) is 5.11 Å². The van der Waals surface area contributed by atoms with E-state index in [1.54, 1.807) is 0 Å². The van der Waals surface area contributed by atoms with Gasteiger partial charge in [0.2, 0.25) is 0 Å². The van der Waals surface area contributed by atoms with Gasteiger partial charge in [-0.2, -0.15) is 0 Å². The molecule has 1 unspecified atom stereocenters. The summed E-state index contributed by atoms with van der Waals surface area (Å²) in [6.07, 6.45) is 9.70. The fourth-order valence-electron chi connectivity index (χ4n) is 3.73. The molecule has 2 rings (SSSR count). The van der Waals surface area contributed by atoms with Gasteiger partial charge in [-0.25, -0.2) is 0 Å². The van der Waals surface area contributed by atoms with Crippen LogP contribution < -0.4 is 5.73 Å². The van der Waals surface area contributed by atoms with Gasteiger partial charge in [0.05, 0.1) is 6.10 Å². The van der Waals surface area contributed by atoms with Crippen LogP contribution >= 0.6 is 0 Å². The predicted octanol–water partition coefficient (Wildman–Crippen LogP) is 2.69. The summed E-state index contributed by atoms with van der Waals surface area (Å²) in [6, 6.07) is 0. The van der Waals surface area contributed by atoms with Crippen molar-refractivity contribution in [2.24, 2.45) is 23.0 Å². The molecular formula is C14H27NO. The standard InChI is InChI=1S/C14H27NO/c1-11-6-8-14(10-15,9-7-11)13(16)12-4-2-3-5-12/h11-13,16H,2-10,15H2,1H3. The normalized spacial score (nSPS) is 38.8. The number of rotatable bonds is 3. The smallest absolute Gasteiger partial charge is 0.0636 e. The van der Waals surface area contributed by atoms with E-state index in [1.165, 1.54) is 38.5 Å². The Hall–Kier alpha value is -0.0800. The fourth-order valence-corrected chi connectivity index (χ4v) is 3.73. The Balaban J connectivity index is 2.02. The third kappa shape index (κ3) is 2.28. The molecule has 0 aromatic heterocycles. The van der Waals surface area contributed by atoms with Crippen LogP contribution in [-0.2, 0) is 0 Å². The first-order chi connectivity index (χ1) is 7.68. The summed E-state index contributed by atoms with van der Waals surface area (Å²) in [6.45, 7) is 3.00.